The Balaban J connectivity index is 1.71. The third kappa shape index (κ3) is 2.43. The predicted molar refractivity (Wildman–Crippen MR) is 90.0 cm³/mol. The molecule has 3 nitrogen and oxygen atoms in total. The molecule has 0 bridgehead atoms. The molecule has 0 radical (unpaired) electrons. The van der Waals surface area contributed by atoms with Gasteiger partial charge in [0.05, 0.1) is 11.6 Å². The second kappa shape index (κ2) is 5.41. The van der Waals surface area contributed by atoms with E-state index in [0.717, 1.165) is 23.9 Å². The Labute approximate surface area is 134 Å². The topological polar surface area (TPSA) is 17.4 Å². The number of rotatable bonds is 2. The highest BCUT2D eigenvalue weighted by atomic mass is 35.5. The summed E-state index contributed by atoms with van der Waals surface area (Å²) in [5.74, 6) is 3.43. The van der Waals surface area contributed by atoms with Crippen LogP contribution in [0.3, 0.4) is 0 Å². The van der Waals surface area contributed by atoms with Crippen molar-refractivity contribution in [2.75, 3.05) is 37.7 Å². The van der Waals surface area contributed by atoms with Crippen LogP contribution < -0.4 is 4.74 Å². The molecule has 1 aromatic carbocycles. The highest BCUT2D eigenvalue weighted by molar-refractivity contribution is 7.99. The Hall–Kier alpha value is -0.840. The second-order valence-electron chi connectivity index (χ2n) is 5.88. The van der Waals surface area contributed by atoms with Crippen LogP contribution in [0, 0.1) is 6.92 Å². The summed E-state index contributed by atoms with van der Waals surface area (Å²) in [5.41, 5.74) is 2.51. The zero-order valence-corrected chi connectivity index (χ0v) is 13.7. The summed E-state index contributed by atoms with van der Waals surface area (Å²) in [6.45, 7) is 6.38. The van der Waals surface area contributed by atoms with Crippen LogP contribution in [0.4, 0.5) is 0 Å². The first-order chi connectivity index (χ1) is 10.2. The molecule has 2 aliphatic heterocycles. The van der Waals surface area contributed by atoms with Gasteiger partial charge in [-0.2, -0.15) is 11.8 Å². The summed E-state index contributed by atoms with van der Waals surface area (Å²) in [5, 5.41) is 1.94. The molecule has 0 spiro atoms. The van der Waals surface area contributed by atoms with Crippen molar-refractivity contribution in [2.45, 2.75) is 13.0 Å². The Kier molecular flexibility index (Phi) is 3.56. The van der Waals surface area contributed by atoms with E-state index in [2.05, 4.69) is 34.2 Å². The molecule has 2 aliphatic rings. The monoisotopic (exact) mass is 322 g/mol. The minimum Gasteiger partial charge on any atom is -0.489 e. The van der Waals surface area contributed by atoms with Crippen molar-refractivity contribution in [2.24, 2.45) is 0 Å². The summed E-state index contributed by atoms with van der Waals surface area (Å²) in [6.07, 6.45) is 0. The lowest BCUT2D eigenvalue weighted by Crippen LogP contribution is -2.40. The van der Waals surface area contributed by atoms with E-state index >= 15 is 0 Å². The third-order valence-corrected chi connectivity index (χ3v) is 5.58. The summed E-state index contributed by atoms with van der Waals surface area (Å²) in [7, 11) is 0. The molecule has 1 atom stereocenters. The van der Waals surface area contributed by atoms with E-state index < -0.39 is 0 Å². The number of hydrogen-bond acceptors (Lipinski definition) is 3. The van der Waals surface area contributed by atoms with Gasteiger partial charge in [0.25, 0.3) is 0 Å². The van der Waals surface area contributed by atoms with Crippen LogP contribution in [0.15, 0.2) is 18.2 Å². The normalized spacial score (nSPS) is 22.5. The number of hydrogen-bond donors (Lipinski definition) is 0. The standard InChI is InChI=1S/C16H19ClN2OS/c1-11-6-12-7-13(17)8-15-16(12)19(11)14(10-20-15)9-18-2-4-21-5-3-18/h6-8,14H,2-5,9-10H2,1H3. The molecular weight excluding hydrogens is 304 g/mol. The van der Waals surface area contributed by atoms with E-state index in [1.54, 1.807) is 0 Å². The molecule has 5 heteroatoms. The van der Waals surface area contributed by atoms with Gasteiger partial charge in [0, 0.05) is 53.3 Å². The maximum absolute atomic E-state index is 6.18. The highest BCUT2D eigenvalue weighted by Gasteiger charge is 2.27. The maximum Gasteiger partial charge on any atom is 0.145 e. The van der Waals surface area contributed by atoms with Gasteiger partial charge in [-0.25, -0.2) is 0 Å². The number of halogens is 1. The van der Waals surface area contributed by atoms with Crippen LogP contribution in [0.1, 0.15) is 11.7 Å². The van der Waals surface area contributed by atoms with E-state index in [1.807, 2.05) is 12.1 Å². The molecule has 1 aromatic heterocycles. The van der Waals surface area contributed by atoms with Gasteiger partial charge in [0.2, 0.25) is 0 Å². The van der Waals surface area contributed by atoms with Gasteiger partial charge < -0.3 is 9.30 Å². The Morgan fingerprint density at radius 3 is 2.90 bits per heavy atom. The average Bonchev–Trinajstić information content (AvgIpc) is 2.80. The zero-order chi connectivity index (χ0) is 14.4. The van der Waals surface area contributed by atoms with Crippen molar-refractivity contribution >= 4 is 34.3 Å². The van der Waals surface area contributed by atoms with Crippen molar-refractivity contribution in [1.82, 2.24) is 9.47 Å². The molecule has 1 unspecified atom stereocenters. The minimum atomic E-state index is 0.402. The Bertz CT molecular complexity index is 678. The van der Waals surface area contributed by atoms with Crippen molar-refractivity contribution in [3.05, 3.63) is 28.9 Å². The predicted octanol–water partition coefficient (Wildman–Crippen LogP) is 3.59. The third-order valence-electron chi connectivity index (χ3n) is 4.42. The Morgan fingerprint density at radius 1 is 1.29 bits per heavy atom. The Morgan fingerprint density at radius 2 is 2.10 bits per heavy atom. The highest BCUT2D eigenvalue weighted by Crippen LogP contribution is 2.38. The fourth-order valence-corrected chi connectivity index (χ4v) is 4.69. The van der Waals surface area contributed by atoms with Gasteiger partial charge in [0.15, 0.2) is 0 Å². The lowest BCUT2D eigenvalue weighted by molar-refractivity contribution is 0.178. The van der Waals surface area contributed by atoms with Gasteiger partial charge in [0.1, 0.15) is 12.4 Å². The molecule has 0 N–H and O–H groups in total. The molecule has 0 aliphatic carbocycles. The lowest BCUT2D eigenvalue weighted by atomic mass is 10.2. The van der Waals surface area contributed by atoms with E-state index in [1.165, 1.54) is 41.2 Å². The van der Waals surface area contributed by atoms with Crippen molar-refractivity contribution in [1.29, 1.82) is 0 Å². The van der Waals surface area contributed by atoms with Gasteiger partial charge in [-0.05, 0) is 19.1 Å². The smallest absolute Gasteiger partial charge is 0.145 e. The van der Waals surface area contributed by atoms with Crippen molar-refractivity contribution in [3.8, 4) is 5.75 Å². The quantitative estimate of drug-likeness (QED) is 0.841. The number of benzene rings is 1. The van der Waals surface area contributed by atoms with Gasteiger partial charge in [-0.3, -0.25) is 4.90 Å². The average molecular weight is 323 g/mol. The largest absolute Gasteiger partial charge is 0.489 e. The van der Waals surface area contributed by atoms with Crippen LogP contribution in [0.2, 0.25) is 5.02 Å². The van der Waals surface area contributed by atoms with Crippen LogP contribution in [-0.2, 0) is 0 Å². The maximum atomic E-state index is 6.18. The van der Waals surface area contributed by atoms with Crippen LogP contribution in [0.25, 0.3) is 10.9 Å². The molecule has 2 aromatic rings. The minimum absolute atomic E-state index is 0.402. The number of ether oxygens (including phenoxy) is 1. The van der Waals surface area contributed by atoms with Gasteiger partial charge in [-0.15, -0.1) is 0 Å². The first-order valence-corrected chi connectivity index (χ1v) is 8.99. The summed E-state index contributed by atoms with van der Waals surface area (Å²) < 4.78 is 8.46. The molecular formula is C16H19ClN2OS. The molecule has 0 saturated carbocycles. The lowest BCUT2D eigenvalue weighted by Gasteiger charge is -2.34. The second-order valence-corrected chi connectivity index (χ2v) is 7.54. The first-order valence-electron chi connectivity index (χ1n) is 7.46. The van der Waals surface area contributed by atoms with E-state index in [0.29, 0.717) is 6.04 Å². The fourth-order valence-electron chi connectivity index (χ4n) is 3.49. The zero-order valence-electron chi connectivity index (χ0n) is 12.1. The SMILES string of the molecule is Cc1cc2cc(Cl)cc3c2n1C(CN1CCSCC1)CO3. The van der Waals surface area contributed by atoms with Crippen molar-refractivity contribution in [3.63, 3.8) is 0 Å². The molecule has 4 rings (SSSR count). The van der Waals surface area contributed by atoms with Crippen molar-refractivity contribution < 1.29 is 4.74 Å². The molecule has 1 saturated heterocycles. The van der Waals surface area contributed by atoms with Crippen LogP contribution in [0.5, 0.6) is 5.75 Å². The number of nitrogens with zero attached hydrogens (tertiary/aromatic N) is 2. The first kappa shape index (κ1) is 13.8. The van der Waals surface area contributed by atoms with Gasteiger partial charge >= 0.3 is 0 Å². The van der Waals surface area contributed by atoms with Crippen LogP contribution in [-0.4, -0.2) is 47.2 Å². The summed E-state index contributed by atoms with van der Waals surface area (Å²) in [6, 6.07) is 6.60. The fraction of sp³-hybridized carbons (Fsp3) is 0.500. The van der Waals surface area contributed by atoms with E-state index in [4.69, 9.17) is 16.3 Å². The molecule has 21 heavy (non-hydrogen) atoms. The summed E-state index contributed by atoms with van der Waals surface area (Å²) >= 11 is 8.24. The summed E-state index contributed by atoms with van der Waals surface area (Å²) in [4.78, 5) is 2.57. The van der Waals surface area contributed by atoms with Crippen LogP contribution >= 0.6 is 23.4 Å². The molecule has 1 fully saturated rings. The number of aryl methyl sites for hydroxylation is 1. The number of thioether (sulfide) groups is 1. The molecule has 112 valence electrons. The molecule has 3 heterocycles. The van der Waals surface area contributed by atoms with E-state index in [9.17, 15) is 0 Å². The van der Waals surface area contributed by atoms with Gasteiger partial charge in [-0.1, -0.05) is 11.6 Å². The van der Waals surface area contributed by atoms with E-state index in [-0.39, 0.29) is 0 Å². The number of aromatic nitrogens is 1. The molecule has 0 amide bonds.